The molecule has 5 heteroatoms. The van der Waals surface area contributed by atoms with Gasteiger partial charge < -0.3 is 0 Å². The van der Waals surface area contributed by atoms with Crippen LogP contribution in [0, 0.1) is 0 Å². The highest BCUT2D eigenvalue weighted by Gasteiger charge is 2.29. The number of aryl methyl sites for hydroxylation is 1. The molecule has 0 bridgehead atoms. The SMILES string of the molecule is c1cc(-c2c3c(nc(C4CCCCC4)c2-c2ncn[nH]2)CCCCC3)ccn1. The number of pyridine rings is 2. The number of H-pyrrole nitrogens is 1. The van der Waals surface area contributed by atoms with Crippen LogP contribution in [0.1, 0.15) is 74.2 Å². The Kier molecular flexibility index (Phi) is 4.90. The third-order valence-corrected chi connectivity index (χ3v) is 6.36. The summed E-state index contributed by atoms with van der Waals surface area (Å²) in [5.74, 6) is 1.37. The summed E-state index contributed by atoms with van der Waals surface area (Å²) in [6, 6.07) is 4.26. The van der Waals surface area contributed by atoms with Crippen LogP contribution in [0.15, 0.2) is 30.9 Å². The summed E-state index contributed by atoms with van der Waals surface area (Å²) in [5.41, 5.74) is 7.67. The zero-order valence-corrected chi connectivity index (χ0v) is 16.3. The molecule has 0 atom stereocenters. The van der Waals surface area contributed by atoms with Crippen LogP contribution < -0.4 is 0 Å². The van der Waals surface area contributed by atoms with Crippen molar-refractivity contribution < 1.29 is 0 Å². The Labute approximate surface area is 166 Å². The Bertz CT molecular complexity index is 927. The molecule has 0 unspecified atom stereocenters. The Morgan fingerprint density at radius 3 is 2.43 bits per heavy atom. The van der Waals surface area contributed by atoms with E-state index in [0.717, 1.165) is 18.7 Å². The first-order valence-corrected chi connectivity index (χ1v) is 10.7. The van der Waals surface area contributed by atoms with Crippen LogP contribution in [0.25, 0.3) is 22.5 Å². The maximum absolute atomic E-state index is 5.34. The maximum Gasteiger partial charge on any atom is 0.157 e. The lowest BCUT2D eigenvalue weighted by Crippen LogP contribution is -2.13. The number of fused-ring (bicyclic) bond motifs is 1. The number of hydrogen-bond donors (Lipinski definition) is 1. The first-order chi connectivity index (χ1) is 13.9. The molecule has 0 saturated heterocycles. The highest BCUT2D eigenvalue weighted by atomic mass is 15.2. The predicted molar refractivity (Wildman–Crippen MR) is 110 cm³/mol. The molecule has 0 radical (unpaired) electrons. The molecule has 28 heavy (non-hydrogen) atoms. The van der Waals surface area contributed by atoms with E-state index in [-0.39, 0.29) is 0 Å². The molecule has 3 aromatic heterocycles. The van der Waals surface area contributed by atoms with Crippen LogP contribution in [0.2, 0.25) is 0 Å². The monoisotopic (exact) mass is 373 g/mol. The van der Waals surface area contributed by atoms with Gasteiger partial charge in [-0.15, -0.1) is 0 Å². The van der Waals surface area contributed by atoms with Gasteiger partial charge in [0, 0.05) is 29.6 Å². The molecule has 3 heterocycles. The normalized spacial score (nSPS) is 17.9. The van der Waals surface area contributed by atoms with Gasteiger partial charge in [-0.05, 0) is 67.3 Å². The lowest BCUT2D eigenvalue weighted by atomic mass is 9.81. The van der Waals surface area contributed by atoms with Gasteiger partial charge in [-0.1, -0.05) is 25.7 Å². The van der Waals surface area contributed by atoms with Crippen molar-refractivity contribution in [1.82, 2.24) is 25.1 Å². The minimum absolute atomic E-state index is 0.517. The van der Waals surface area contributed by atoms with Gasteiger partial charge in [0.1, 0.15) is 6.33 Å². The number of aromatic nitrogens is 5. The summed E-state index contributed by atoms with van der Waals surface area (Å²) < 4.78 is 0. The van der Waals surface area contributed by atoms with Gasteiger partial charge in [-0.2, -0.15) is 5.10 Å². The minimum atomic E-state index is 0.517. The highest BCUT2D eigenvalue weighted by Crippen LogP contribution is 2.44. The fourth-order valence-electron chi connectivity index (χ4n) is 5.01. The molecule has 3 aromatic rings. The second-order valence-corrected chi connectivity index (χ2v) is 8.14. The molecule has 5 nitrogen and oxygen atoms in total. The number of hydrogen-bond acceptors (Lipinski definition) is 4. The van der Waals surface area contributed by atoms with Crippen molar-refractivity contribution in [3.05, 3.63) is 47.8 Å². The van der Waals surface area contributed by atoms with Crippen LogP contribution in [-0.2, 0) is 12.8 Å². The van der Waals surface area contributed by atoms with E-state index in [1.165, 1.54) is 85.0 Å². The van der Waals surface area contributed by atoms with Gasteiger partial charge in [0.05, 0.1) is 5.69 Å². The molecule has 5 rings (SSSR count). The Balaban J connectivity index is 1.80. The number of aromatic amines is 1. The Hall–Kier alpha value is -2.56. The van der Waals surface area contributed by atoms with Crippen molar-refractivity contribution in [1.29, 1.82) is 0 Å². The molecule has 1 fully saturated rings. The fourth-order valence-corrected chi connectivity index (χ4v) is 5.01. The summed E-state index contributed by atoms with van der Waals surface area (Å²) >= 11 is 0. The zero-order valence-electron chi connectivity index (χ0n) is 16.3. The molecule has 0 aliphatic heterocycles. The molecule has 1 N–H and O–H groups in total. The van der Waals surface area contributed by atoms with E-state index in [4.69, 9.17) is 4.98 Å². The van der Waals surface area contributed by atoms with Crippen LogP contribution in [0.3, 0.4) is 0 Å². The largest absolute Gasteiger partial charge is 0.265 e. The van der Waals surface area contributed by atoms with Gasteiger partial charge in [-0.3, -0.25) is 15.1 Å². The molecule has 144 valence electrons. The topological polar surface area (TPSA) is 67.3 Å². The van der Waals surface area contributed by atoms with E-state index in [1.54, 1.807) is 6.33 Å². The van der Waals surface area contributed by atoms with Crippen molar-refractivity contribution in [2.24, 2.45) is 0 Å². The van der Waals surface area contributed by atoms with Crippen molar-refractivity contribution >= 4 is 0 Å². The van der Waals surface area contributed by atoms with E-state index < -0.39 is 0 Å². The fraction of sp³-hybridized carbons (Fsp3) is 0.478. The van der Waals surface area contributed by atoms with Crippen molar-refractivity contribution in [2.75, 3.05) is 0 Å². The Morgan fingerprint density at radius 1 is 0.857 bits per heavy atom. The lowest BCUT2D eigenvalue weighted by molar-refractivity contribution is 0.436. The van der Waals surface area contributed by atoms with E-state index in [1.807, 2.05) is 12.4 Å². The van der Waals surface area contributed by atoms with Crippen molar-refractivity contribution in [3.8, 4) is 22.5 Å². The van der Waals surface area contributed by atoms with E-state index in [0.29, 0.717) is 5.92 Å². The highest BCUT2D eigenvalue weighted by molar-refractivity contribution is 5.85. The van der Waals surface area contributed by atoms with Crippen LogP contribution in [0.5, 0.6) is 0 Å². The summed E-state index contributed by atoms with van der Waals surface area (Å²) in [6.07, 6.45) is 17.7. The first kappa shape index (κ1) is 17.5. The Morgan fingerprint density at radius 2 is 1.64 bits per heavy atom. The second-order valence-electron chi connectivity index (χ2n) is 8.14. The van der Waals surface area contributed by atoms with Gasteiger partial charge in [0.15, 0.2) is 5.82 Å². The molecule has 2 aliphatic rings. The summed E-state index contributed by atoms with van der Waals surface area (Å²) in [7, 11) is 0. The average Bonchev–Trinajstić information content (AvgIpc) is 3.19. The number of nitrogens with one attached hydrogen (secondary N) is 1. The maximum atomic E-state index is 5.34. The van der Waals surface area contributed by atoms with Crippen LogP contribution in [0.4, 0.5) is 0 Å². The molecule has 2 aliphatic carbocycles. The summed E-state index contributed by atoms with van der Waals surface area (Å²) in [4.78, 5) is 14.2. The summed E-state index contributed by atoms with van der Waals surface area (Å²) in [6.45, 7) is 0. The van der Waals surface area contributed by atoms with Gasteiger partial charge >= 0.3 is 0 Å². The second kappa shape index (κ2) is 7.82. The summed E-state index contributed by atoms with van der Waals surface area (Å²) in [5, 5.41) is 7.32. The molecule has 1 saturated carbocycles. The van der Waals surface area contributed by atoms with Crippen LogP contribution in [-0.4, -0.2) is 25.1 Å². The average molecular weight is 374 g/mol. The number of nitrogens with zero attached hydrogens (tertiary/aromatic N) is 4. The first-order valence-electron chi connectivity index (χ1n) is 10.7. The minimum Gasteiger partial charge on any atom is -0.265 e. The van der Waals surface area contributed by atoms with Gasteiger partial charge in [0.2, 0.25) is 0 Å². The smallest absolute Gasteiger partial charge is 0.157 e. The van der Waals surface area contributed by atoms with E-state index >= 15 is 0 Å². The third kappa shape index (κ3) is 3.23. The molecule has 0 aromatic carbocycles. The lowest BCUT2D eigenvalue weighted by Gasteiger charge is -2.27. The van der Waals surface area contributed by atoms with Gasteiger partial charge in [-0.25, -0.2) is 4.98 Å². The quantitative estimate of drug-likeness (QED) is 0.637. The van der Waals surface area contributed by atoms with E-state index in [2.05, 4.69) is 32.3 Å². The molecular formula is C23H27N5. The molecule has 0 spiro atoms. The molecule has 0 amide bonds. The zero-order chi connectivity index (χ0) is 18.8. The van der Waals surface area contributed by atoms with Gasteiger partial charge in [0.25, 0.3) is 0 Å². The third-order valence-electron chi connectivity index (χ3n) is 6.36. The van der Waals surface area contributed by atoms with Crippen LogP contribution >= 0.6 is 0 Å². The standard InChI is InChI=1S/C23H27N5/c1-3-7-17(8-4-1)22-21(23-25-15-26-28-23)20(16-11-13-24-14-12-16)18-9-5-2-6-10-19(18)27-22/h11-15,17H,1-10H2,(H,25,26,28). The van der Waals surface area contributed by atoms with Crippen molar-refractivity contribution in [2.45, 2.75) is 70.1 Å². The predicted octanol–water partition coefficient (Wildman–Crippen LogP) is 5.25. The number of rotatable bonds is 3. The van der Waals surface area contributed by atoms with E-state index in [9.17, 15) is 0 Å². The molecular weight excluding hydrogens is 346 g/mol. The van der Waals surface area contributed by atoms with Crippen molar-refractivity contribution in [3.63, 3.8) is 0 Å².